The highest BCUT2D eigenvalue weighted by Crippen LogP contribution is 2.25. The van der Waals surface area contributed by atoms with Gasteiger partial charge >= 0.3 is 0 Å². The lowest BCUT2D eigenvalue weighted by atomic mass is 10.1. The monoisotopic (exact) mass is 202 g/mol. The zero-order chi connectivity index (χ0) is 9.54. The number of fused-ring (bicyclic) bond motifs is 3. The van der Waals surface area contributed by atoms with E-state index < -0.39 is 0 Å². The van der Waals surface area contributed by atoms with Crippen molar-refractivity contribution in [2.75, 3.05) is 0 Å². The molecule has 3 aromatic rings. The first-order valence-corrected chi connectivity index (χ1v) is 4.71. The Morgan fingerprint density at radius 1 is 1.14 bits per heavy atom. The maximum Gasteiger partial charge on any atom is 0.0741 e. The topological polar surface area (TPSA) is 17.8 Å². The van der Waals surface area contributed by atoms with Gasteiger partial charge in [0.25, 0.3) is 0 Å². The van der Waals surface area contributed by atoms with E-state index >= 15 is 0 Å². The Morgan fingerprint density at radius 3 is 3.00 bits per heavy atom. The van der Waals surface area contributed by atoms with Crippen molar-refractivity contribution in [1.82, 2.24) is 9.07 Å². The number of halogens is 1. The van der Waals surface area contributed by atoms with Gasteiger partial charge in [0.15, 0.2) is 0 Å². The van der Waals surface area contributed by atoms with Gasteiger partial charge in [-0.15, -0.1) is 0 Å². The molecule has 0 aliphatic heterocycles. The summed E-state index contributed by atoms with van der Waals surface area (Å²) in [6, 6.07) is 9.99. The van der Waals surface area contributed by atoms with Gasteiger partial charge in [-0.3, -0.25) is 9.07 Å². The predicted molar refractivity (Wildman–Crippen MR) is 58.5 cm³/mol. The van der Waals surface area contributed by atoms with Crippen LogP contribution in [0.5, 0.6) is 0 Å². The Bertz CT molecular complexity index is 613. The average Bonchev–Trinajstić information content (AvgIpc) is 2.61. The quantitative estimate of drug-likeness (QED) is 0.548. The van der Waals surface area contributed by atoms with Gasteiger partial charge in [0, 0.05) is 34.9 Å². The Hall–Kier alpha value is -1.54. The largest absolute Gasteiger partial charge is 0.260 e. The van der Waals surface area contributed by atoms with Crippen LogP contribution in [0.2, 0.25) is 0 Å². The molecule has 3 heteroatoms. The highest BCUT2D eigenvalue weighted by molar-refractivity contribution is 6.22. The summed E-state index contributed by atoms with van der Waals surface area (Å²) in [5.74, 6) is 0. The van der Waals surface area contributed by atoms with E-state index in [-0.39, 0.29) is 0 Å². The molecule has 0 saturated carbocycles. The Balaban J connectivity index is 2.65. The molecule has 0 unspecified atom stereocenters. The number of hydrogen-bond donors (Lipinski definition) is 0. The second-order valence-corrected chi connectivity index (χ2v) is 3.56. The van der Waals surface area contributed by atoms with Gasteiger partial charge in [-0.25, -0.2) is 0 Å². The lowest BCUT2D eigenvalue weighted by molar-refractivity contribution is 1.33. The van der Waals surface area contributed by atoms with Crippen molar-refractivity contribution in [2.24, 2.45) is 0 Å². The molecule has 2 heterocycles. The SMILES string of the molecule is Cln1ccc2ccc3ncccc3c21. The molecule has 0 aliphatic carbocycles. The molecule has 0 radical (unpaired) electrons. The summed E-state index contributed by atoms with van der Waals surface area (Å²) in [6.07, 6.45) is 3.63. The summed E-state index contributed by atoms with van der Waals surface area (Å²) < 4.78 is 1.61. The van der Waals surface area contributed by atoms with Crippen molar-refractivity contribution in [1.29, 1.82) is 0 Å². The fraction of sp³-hybridized carbons (Fsp3) is 0. The Kier molecular flexibility index (Phi) is 1.52. The highest BCUT2D eigenvalue weighted by Gasteiger charge is 2.04. The van der Waals surface area contributed by atoms with E-state index in [1.165, 1.54) is 0 Å². The third-order valence-electron chi connectivity index (χ3n) is 2.39. The van der Waals surface area contributed by atoms with Gasteiger partial charge in [-0.05, 0) is 24.3 Å². The van der Waals surface area contributed by atoms with Crippen LogP contribution in [0.15, 0.2) is 42.7 Å². The van der Waals surface area contributed by atoms with Crippen molar-refractivity contribution >= 4 is 33.6 Å². The number of hydrogen-bond acceptors (Lipinski definition) is 1. The second-order valence-electron chi connectivity index (χ2n) is 3.20. The molecule has 68 valence electrons. The second kappa shape index (κ2) is 2.72. The van der Waals surface area contributed by atoms with Crippen molar-refractivity contribution in [3.8, 4) is 0 Å². The molecule has 1 aromatic carbocycles. The van der Waals surface area contributed by atoms with Crippen molar-refractivity contribution in [2.45, 2.75) is 0 Å². The van der Waals surface area contributed by atoms with Crippen molar-refractivity contribution in [3.63, 3.8) is 0 Å². The first-order valence-electron chi connectivity index (χ1n) is 4.37. The molecule has 0 atom stereocenters. The fourth-order valence-electron chi connectivity index (χ4n) is 1.75. The normalized spacial score (nSPS) is 11.2. The van der Waals surface area contributed by atoms with Gasteiger partial charge in [0.05, 0.1) is 11.0 Å². The first kappa shape index (κ1) is 7.83. The first-order chi connectivity index (χ1) is 6.86. The van der Waals surface area contributed by atoms with E-state index in [1.807, 2.05) is 36.5 Å². The van der Waals surface area contributed by atoms with Gasteiger partial charge in [0.1, 0.15) is 0 Å². The Morgan fingerprint density at radius 2 is 2.07 bits per heavy atom. The maximum atomic E-state index is 6.04. The molecular formula is C11H7ClN2. The summed E-state index contributed by atoms with van der Waals surface area (Å²) in [5, 5.41) is 2.23. The number of aromatic nitrogens is 2. The lowest BCUT2D eigenvalue weighted by Crippen LogP contribution is -1.82. The fourth-order valence-corrected chi connectivity index (χ4v) is 1.99. The molecule has 2 nitrogen and oxygen atoms in total. The summed E-state index contributed by atoms with van der Waals surface area (Å²) in [5.41, 5.74) is 2.00. The molecule has 3 rings (SSSR count). The summed E-state index contributed by atoms with van der Waals surface area (Å²) in [6.45, 7) is 0. The van der Waals surface area contributed by atoms with Crippen LogP contribution in [0.3, 0.4) is 0 Å². The van der Waals surface area contributed by atoms with E-state index in [0.29, 0.717) is 0 Å². The van der Waals surface area contributed by atoms with Gasteiger partial charge in [0.2, 0.25) is 0 Å². The zero-order valence-corrected chi connectivity index (χ0v) is 8.07. The van der Waals surface area contributed by atoms with E-state index in [4.69, 9.17) is 11.8 Å². The van der Waals surface area contributed by atoms with Gasteiger partial charge in [-0.1, -0.05) is 6.07 Å². The molecule has 0 fully saturated rings. The van der Waals surface area contributed by atoms with Crippen LogP contribution in [-0.4, -0.2) is 9.07 Å². The number of nitrogens with zero attached hydrogens (tertiary/aromatic N) is 2. The molecular weight excluding hydrogens is 196 g/mol. The molecule has 0 saturated heterocycles. The lowest BCUT2D eigenvalue weighted by Gasteiger charge is -1.99. The van der Waals surface area contributed by atoms with Crippen LogP contribution in [0.1, 0.15) is 0 Å². The summed E-state index contributed by atoms with van der Waals surface area (Å²) in [7, 11) is 0. The smallest absolute Gasteiger partial charge is 0.0741 e. The standard InChI is InChI=1S/C11H7ClN2/c12-14-7-5-8-3-4-10-9(11(8)14)2-1-6-13-10/h1-7H. The summed E-state index contributed by atoms with van der Waals surface area (Å²) in [4.78, 5) is 4.28. The van der Waals surface area contributed by atoms with Crippen LogP contribution >= 0.6 is 11.8 Å². The predicted octanol–water partition coefficient (Wildman–Crippen LogP) is 3.19. The van der Waals surface area contributed by atoms with E-state index in [0.717, 1.165) is 21.8 Å². The summed E-state index contributed by atoms with van der Waals surface area (Å²) >= 11 is 6.04. The average molecular weight is 203 g/mol. The molecule has 0 N–H and O–H groups in total. The molecule has 2 aromatic heterocycles. The number of pyridine rings is 1. The maximum absolute atomic E-state index is 6.04. The third kappa shape index (κ3) is 0.946. The van der Waals surface area contributed by atoms with Crippen molar-refractivity contribution in [3.05, 3.63) is 42.7 Å². The minimum absolute atomic E-state index is 0.973. The highest BCUT2D eigenvalue weighted by atomic mass is 35.5. The molecule has 0 spiro atoms. The third-order valence-corrected chi connectivity index (χ3v) is 2.67. The minimum atomic E-state index is 0.973. The van der Waals surface area contributed by atoms with Crippen LogP contribution in [-0.2, 0) is 0 Å². The molecule has 0 bridgehead atoms. The van der Waals surface area contributed by atoms with E-state index in [9.17, 15) is 0 Å². The van der Waals surface area contributed by atoms with Gasteiger partial charge < -0.3 is 0 Å². The minimum Gasteiger partial charge on any atom is -0.260 e. The number of benzene rings is 1. The Labute approximate surface area is 85.8 Å². The van der Waals surface area contributed by atoms with Crippen LogP contribution in [0, 0.1) is 0 Å². The van der Waals surface area contributed by atoms with Crippen LogP contribution < -0.4 is 0 Å². The molecule has 0 amide bonds. The number of rotatable bonds is 0. The van der Waals surface area contributed by atoms with E-state index in [2.05, 4.69) is 4.98 Å². The molecule has 0 aliphatic rings. The van der Waals surface area contributed by atoms with Crippen molar-refractivity contribution < 1.29 is 0 Å². The van der Waals surface area contributed by atoms with Gasteiger partial charge in [-0.2, -0.15) is 0 Å². The van der Waals surface area contributed by atoms with Crippen LogP contribution in [0.25, 0.3) is 21.8 Å². The van der Waals surface area contributed by atoms with E-state index in [1.54, 1.807) is 10.3 Å². The van der Waals surface area contributed by atoms with Crippen LogP contribution in [0.4, 0.5) is 0 Å². The molecule has 14 heavy (non-hydrogen) atoms. The zero-order valence-electron chi connectivity index (χ0n) is 7.31.